The van der Waals surface area contributed by atoms with Crippen molar-refractivity contribution in [3.05, 3.63) is 14.8 Å². The summed E-state index contributed by atoms with van der Waals surface area (Å²) < 4.78 is 0. The lowest BCUT2D eigenvalue weighted by atomic mass is 10.3. The number of nitrogens with zero attached hydrogens (tertiary/aromatic N) is 1. The van der Waals surface area contributed by atoms with Crippen LogP contribution in [0.1, 0.15) is 26.7 Å². The molecule has 0 heterocycles. The zero-order valence-corrected chi connectivity index (χ0v) is 9.24. The zero-order chi connectivity index (χ0) is 10.3. The molecule has 0 N–H and O–H groups in total. The molecular formula is C8H12ClNO2S. The van der Waals surface area contributed by atoms with E-state index in [1.54, 1.807) is 11.8 Å². The molecule has 13 heavy (non-hydrogen) atoms. The summed E-state index contributed by atoms with van der Waals surface area (Å²) in [6, 6.07) is 0. The first-order chi connectivity index (χ1) is 6.07. The minimum Gasteiger partial charge on any atom is -0.269 e. The standard InChI is InChI=1S/C8H12ClNO2S/c1-6(9)7(2)13-5-3-4-8(11)10-12/h3-5H2,1-2H3/b7-6-. The topological polar surface area (TPSA) is 46.5 Å². The molecule has 0 saturated heterocycles. The molecule has 0 saturated carbocycles. The van der Waals surface area contributed by atoms with Crippen molar-refractivity contribution in [1.82, 2.24) is 0 Å². The first-order valence-corrected chi connectivity index (χ1v) is 5.26. The molecule has 0 aliphatic carbocycles. The van der Waals surface area contributed by atoms with Gasteiger partial charge in [-0.25, -0.2) is 0 Å². The largest absolute Gasteiger partial charge is 0.286 e. The predicted octanol–water partition coefficient (Wildman–Crippen LogP) is 3.28. The van der Waals surface area contributed by atoms with E-state index in [9.17, 15) is 9.70 Å². The number of nitroso groups, excluding NO2 is 1. The van der Waals surface area contributed by atoms with Gasteiger partial charge in [-0.2, -0.15) is 0 Å². The van der Waals surface area contributed by atoms with Crippen LogP contribution in [0.5, 0.6) is 0 Å². The second-order valence-electron chi connectivity index (χ2n) is 2.53. The summed E-state index contributed by atoms with van der Waals surface area (Å²) in [7, 11) is 0. The maximum absolute atomic E-state index is 10.5. The molecule has 0 unspecified atom stereocenters. The highest BCUT2D eigenvalue weighted by molar-refractivity contribution is 8.03. The molecule has 1 amide bonds. The van der Waals surface area contributed by atoms with Gasteiger partial charge in [-0.3, -0.25) is 4.79 Å². The summed E-state index contributed by atoms with van der Waals surface area (Å²) in [5.74, 6) is 0.210. The number of allylic oxidation sites excluding steroid dienone is 2. The van der Waals surface area contributed by atoms with Crippen molar-refractivity contribution < 1.29 is 4.79 Å². The third kappa shape index (κ3) is 6.78. The quantitative estimate of drug-likeness (QED) is 0.529. The number of thioether (sulfide) groups is 1. The third-order valence-corrected chi connectivity index (χ3v) is 3.07. The lowest BCUT2D eigenvalue weighted by Crippen LogP contribution is -1.92. The maximum Gasteiger partial charge on any atom is 0.286 e. The van der Waals surface area contributed by atoms with Crippen LogP contribution < -0.4 is 0 Å². The van der Waals surface area contributed by atoms with Gasteiger partial charge in [0.15, 0.2) is 0 Å². The summed E-state index contributed by atoms with van der Waals surface area (Å²) >= 11 is 7.31. The van der Waals surface area contributed by atoms with E-state index in [4.69, 9.17) is 11.6 Å². The van der Waals surface area contributed by atoms with Gasteiger partial charge in [0.2, 0.25) is 0 Å². The van der Waals surface area contributed by atoms with Crippen molar-refractivity contribution in [3.8, 4) is 0 Å². The summed E-state index contributed by atoms with van der Waals surface area (Å²) in [5, 5.41) is 3.07. The van der Waals surface area contributed by atoms with Gasteiger partial charge in [-0.05, 0) is 30.9 Å². The van der Waals surface area contributed by atoms with Crippen LogP contribution in [0.25, 0.3) is 0 Å². The van der Waals surface area contributed by atoms with Crippen LogP contribution in [0.3, 0.4) is 0 Å². The van der Waals surface area contributed by atoms with Gasteiger partial charge in [0, 0.05) is 16.6 Å². The van der Waals surface area contributed by atoms with E-state index in [1.807, 2.05) is 13.8 Å². The number of rotatable bonds is 5. The van der Waals surface area contributed by atoms with Gasteiger partial charge in [0.25, 0.3) is 5.91 Å². The van der Waals surface area contributed by atoms with Crippen LogP contribution in [-0.2, 0) is 4.79 Å². The highest BCUT2D eigenvalue weighted by Gasteiger charge is 2.00. The van der Waals surface area contributed by atoms with E-state index in [2.05, 4.69) is 5.18 Å². The molecule has 3 nitrogen and oxygen atoms in total. The highest BCUT2D eigenvalue weighted by atomic mass is 35.5. The number of hydrogen-bond acceptors (Lipinski definition) is 3. The smallest absolute Gasteiger partial charge is 0.269 e. The van der Waals surface area contributed by atoms with Gasteiger partial charge >= 0.3 is 0 Å². The molecule has 5 heteroatoms. The van der Waals surface area contributed by atoms with Gasteiger partial charge < -0.3 is 0 Å². The Balaban J connectivity index is 3.52. The molecule has 0 bridgehead atoms. The van der Waals surface area contributed by atoms with Crippen molar-refractivity contribution in [2.24, 2.45) is 5.18 Å². The molecule has 0 fully saturated rings. The maximum atomic E-state index is 10.5. The fraction of sp³-hybridized carbons (Fsp3) is 0.625. The SMILES string of the molecule is C/C(Cl)=C(\C)SCCCC(=O)N=O. The van der Waals surface area contributed by atoms with E-state index < -0.39 is 5.91 Å². The summed E-state index contributed by atoms with van der Waals surface area (Å²) in [6.07, 6.45) is 0.891. The number of amides is 1. The second-order valence-corrected chi connectivity index (χ2v) is 4.40. The summed E-state index contributed by atoms with van der Waals surface area (Å²) in [6.45, 7) is 3.74. The van der Waals surface area contributed by atoms with Crippen molar-refractivity contribution in [2.45, 2.75) is 26.7 Å². The van der Waals surface area contributed by atoms with Crippen LogP contribution >= 0.6 is 23.4 Å². The van der Waals surface area contributed by atoms with E-state index >= 15 is 0 Å². The van der Waals surface area contributed by atoms with Gasteiger partial charge in [0.05, 0.1) is 0 Å². The highest BCUT2D eigenvalue weighted by Crippen LogP contribution is 2.22. The molecule has 0 aliphatic heterocycles. The molecule has 0 aromatic rings. The Bertz CT molecular complexity index is 224. The Hall–Kier alpha value is -0.350. The third-order valence-electron chi connectivity index (χ3n) is 1.44. The number of carbonyl (C=O) groups excluding carboxylic acids is 1. The van der Waals surface area contributed by atoms with Crippen molar-refractivity contribution in [2.75, 3.05) is 5.75 Å². The second kappa shape index (κ2) is 7.09. The normalized spacial score (nSPS) is 12.2. The average Bonchev–Trinajstić information content (AvgIpc) is 2.11. The molecule has 0 rings (SSSR count). The minimum atomic E-state index is -0.579. The zero-order valence-electron chi connectivity index (χ0n) is 7.67. The molecule has 0 aliphatic rings. The Morgan fingerprint density at radius 1 is 1.46 bits per heavy atom. The van der Waals surface area contributed by atoms with Crippen LogP contribution in [0.2, 0.25) is 0 Å². The Morgan fingerprint density at radius 3 is 2.54 bits per heavy atom. The molecule has 0 spiro atoms. The lowest BCUT2D eigenvalue weighted by molar-refractivity contribution is -0.117. The molecular weight excluding hydrogens is 210 g/mol. The Kier molecular flexibility index (Phi) is 6.90. The Morgan fingerprint density at radius 2 is 2.08 bits per heavy atom. The molecule has 74 valence electrons. The number of carbonyl (C=O) groups is 1. The number of halogens is 1. The van der Waals surface area contributed by atoms with Gasteiger partial charge in [-0.15, -0.1) is 16.7 Å². The Labute approximate surface area is 86.9 Å². The molecule has 0 radical (unpaired) electrons. The monoisotopic (exact) mass is 221 g/mol. The van der Waals surface area contributed by atoms with Crippen molar-refractivity contribution >= 4 is 29.3 Å². The van der Waals surface area contributed by atoms with Crippen LogP contribution in [0.4, 0.5) is 0 Å². The fourth-order valence-electron chi connectivity index (χ4n) is 0.594. The predicted molar refractivity (Wildman–Crippen MR) is 56.7 cm³/mol. The average molecular weight is 222 g/mol. The molecule has 0 aromatic carbocycles. The van der Waals surface area contributed by atoms with Gasteiger partial charge in [0.1, 0.15) is 0 Å². The molecule has 0 atom stereocenters. The van der Waals surface area contributed by atoms with E-state index in [0.29, 0.717) is 6.42 Å². The van der Waals surface area contributed by atoms with E-state index in [1.165, 1.54) is 0 Å². The van der Waals surface area contributed by atoms with Crippen LogP contribution in [0.15, 0.2) is 15.1 Å². The minimum absolute atomic E-state index is 0.227. The van der Waals surface area contributed by atoms with E-state index in [-0.39, 0.29) is 6.42 Å². The lowest BCUT2D eigenvalue weighted by Gasteiger charge is -2.00. The van der Waals surface area contributed by atoms with Crippen LogP contribution in [0, 0.1) is 4.91 Å². The van der Waals surface area contributed by atoms with Crippen LogP contribution in [-0.4, -0.2) is 11.7 Å². The van der Waals surface area contributed by atoms with Gasteiger partial charge in [-0.1, -0.05) is 11.6 Å². The van der Waals surface area contributed by atoms with Crippen molar-refractivity contribution in [3.63, 3.8) is 0 Å². The van der Waals surface area contributed by atoms with Crippen molar-refractivity contribution in [1.29, 1.82) is 0 Å². The first kappa shape index (κ1) is 12.7. The fourth-order valence-corrected chi connectivity index (χ4v) is 1.55. The van der Waals surface area contributed by atoms with E-state index in [0.717, 1.165) is 15.7 Å². The first-order valence-electron chi connectivity index (χ1n) is 3.90. The number of hydrogen-bond donors (Lipinski definition) is 0. The summed E-state index contributed by atoms with van der Waals surface area (Å²) in [4.78, 5) is 21.2. The summed E-state index contributed by atoms with van der Waals surface area (Å²) in [5.41, 5.74) is 0. The molecule has 0 aromatic heterocycles.